The summed E-state index contributed by atoms with van der Waals surface area (Å²) in [5, 5.41) is 10.4. The van der Waals surface area contributed by atoms with Crippen LogP contribution in [0.25, 0.3) is 11.4 Å². The quantitative estimate of drug-likeness (QED) is 0.841. The molecule has 0 amide bonds. The van der Waals surface area contributed by atoms with Gasteiger partial charge in [-0.1, -0.05) is 0 Å². The Morgan fingerprint density at radius 3 is 3.00 bits per heavy atom. The molecule has 0 bridgehead atoms. The van der Waals surface area contributed by atoms with Crippen LogP contribution in [0.2, 0.25) is 0 Å². The fourth-order valence-electron chi connectivity index (χ4n) is 2.44. The topological polar surface area (TPSA) is 66.5 Å². The maximum atomic E-state index is 4.58. The lowest BCUT2D eigenvalue weighted by atomic mass is 9.95. The SMILES string of the molecule is Cc1nc(-c2ccn[nH]2)cc([C@@H]2CCCNC2)n1. The van der Waals surface area contributed by atoms with Gasteiger partial charge in [-0.3, -0.25) is 5.10 Å². The summed E-state index contributed by atoms with van der Waals surface area (Å²) in [5.41, 5.74) is 3.02. The highest BCUT2D eigenvalue weighted by atomic mass is 15.1. The van der Waals surface area contributed by atoms with Gasteiger partial charge in [0.05, 0.1) is 11.4 Å². The van der Waals surface area contributed by atoms with E-state index in [9.17, 15) is 0 Å². The van der Waals surface area contributed by atoms with Crippen molar-refractivity contribution in [3.63, 3.8) is 0 Å². The highest BCUT2D eigenvalue weighted by Gasteiger charge is 2.18. The lowest BCUT2D eigenvalue weighted by Crippen LogP contribution is -2.29. The van der Waals surface area contributed by atoms with E-state index in [-0.39, 0.29) is 0 Å². The number of rotatable bonds is 2. The lowest BCUT2D eigenvalue weighted by molar-refractivity contribution is 0.453. The molecule has 0 unspecified atom stereocenters. The van der Waals surface area contributed by atoms with Crippen LogP contribution in [0.5, 0.6) is 0 Å². The van der Waals surface area contributed by atoms with Crippen molar-refractivity contribution in [2.24, 2.45) is 0 Å². The van der Waals surface area contributed by atoms with Crippen molar-refractivity contribution >= 4 is 0 Å². The summed E-state index contributed by atoms with van der Waals surface area (Å²) in [6.45, 7) is 4.08. The summed E-state index contributed by atoms with van der Waals surface area (Å²) in [6, 6.07) is 4.02. The third-order valence-corrected chi connectivity index (χ3v) is 3.35. The molecule has 1 atom stereocenters. The van der Waals surface area contributed by atoms with Gasteiger partial charge in [-0.15, -0.1) is 0 Å². The molecule has 1 aliphatic rings. The molecule has 2 N–H and O–H groups in total. The smallest absolute Gasteiger partial charge is 0.126 e. The Balaban J connectivity index is 1.95. The molecule has 0 saturated carbocycles. The van der Waals surface area contributed by atoms with E-state index in [2.05, 4.69) is 31.5 Å². The maximum Gasteiger partial charge on any atom is 0.126 e. The first-order chi connectivity index (χ1) is 8.83. The van der Waals surface area contributed by atoms with Gasteiger partial charge >= 0.3 is 0 Å². The van der Waals surface area contributed by atoms with E-state index < -0.39 is 0 Å². The minimum absolute atomic E-state index is 0.502. The summed E-state index contributed by atoms with van der Waals surface area (Å²) in [6.07, 6.45) is 4.16. The summed E-state index contributed by atoms with van der Waals surface area (Å²) in [4.78, 5) is 9.05. The zero-order chi connectivity index (χ0) is 12.4. The molecule has 2 aromatic heterocycles. The molecule has 0 spiro atoms. The van der Waals surface area contributed by atoms with Crippen molar-refractivity contribution in [3.8, 4) is 11.4 Å². The van der Waals surface area contributed by atoms with Crippen molar-refractivity contribution in [3.05, 3.63) is 29.8 Å². The standard InChI is InChI=1S/C13H17N5/c1-9-16-12(10-3-2-5-14-8-10)7-13(17-9)11-4-6-15-18-11/h4,6-7,10,14H,2-3,5,8H2,1H3,(H,15,18)/t10-/m1/s1. The van der Waals surface area contributed by atoms with Gasteiger partial charge in [0.1, 0.15) is 5.82 Å². The van der Waals surface area contributed by atoms with Gasteiger partial charge in [0.2, 0.25) is 0 Å². The molecule has 0 aliphatic carbocycles. The summed E-state index contributed by atoms with van der Waals surface area (Å²) >= 11 is 0. The molecule has 1 fully saturated rings. The molecular formula is C13H17N5. The van der Waals surface area contributed by atoms with Gasteiger partial charge in [-0.2, -0.15) is 5.10 Å². The summed E-state index contributed by atoms with van der Waals surface area (Å²) < 4.78 is 0. The fourth-order valence-corrected chi connectivity index (χ4v) is 2.44. The summed E-state index contributed by atoms with van der Waals surface area (Å²) in [7, 11) is 0. The average molecular weight is 243 g/mol. The number of hydrogen-bond donors (Lipinski definition) is 2. The van der Waals surface area contributed by atoms with Crippen molar-refractivity contribution in [2.45, 2.75) is 25.7 Å². The largest absolute Gasteiger partial charge is 0.316 e. The van der Waals surface area contributed by atoms with Crippen LogP contribution in [0.4, 0.5) is 0 Å². The molecular weight excluding hydrogens is 226 g/mol. The third-order valence-electron chi connectivity index (χ3n) is 3.35. The van der Waals surface area contributed by atoms with Crippen LogP contribution in [0.15, 0.2) is 18.3 Å². The lowest BCUT2D eigenvalue weighted by Gasteiger charge is -2.22. The molecule has 5 heteroatoms. The van der Waals surface area contributed by atoms with Crippen LogP contribution in [0, 0.1) is 6.92 Å². The van der Waals surface area contributed by atoms with Crippen LogP contribution in [-0.2, 0) is 0 Å². The van der Waals surface area contributed by atoms with E-state index in [0.717, 1.165) is 36.0 Å². The molecule has 18 heavy (non-hydrogen) atoms. The molecule has 1 aliphatic heterocycles. The van der Waals surface area contributed by atoms with Crippen molar-refractivity contribution < 1.29 is 0 Å². The number of nitrogens with one attached hydrogen (secondary N) is 2. The normalized spacial score (nSPS) is 19.9. The number of H-pyrrole nitrogens is 1. The molecule has 1 saturated heterocycles. The highest BCUT2D eigenvalue weighted by molar-refractivity contribution is 5.53. The van der Waals surface area contributed by atoms with E-state index >= 15 is 0 Å². The Morgan fingerprint density at radius 2 is 2.28 bits per heavy atom. The number of aryl methyl sites for hydroxylation is 1. The second-order valence-corrected chi connectivity index (χ2v) is 4.74. The minimum Gasteiger partial charge on any atom is -0.316 e. The van der Waals surface area contributed by atoms with Gasteiger partial charge in [0.15, 0.2) is 0 Å². The molecule has 2 aromatic rings. The second-order valence-electron chi connectivity index (χ2n) is 4.74. The predicted molar refractivity (Wildman–Crippen MR) is 69.2 cm³/mol. The van der Waals surface area contributed by atoms with Crippen LogP contribution in [-0.4, -0.2) is 33.3 Å². The van der Waals surface area contributed by atoms with E-state index in [1.165, 1.54) is 12.8 Å². The molecule has 3 heterocycles. The zero-order valence-corrected chi connectivity index (χ0v) is 10.5. The van der Waals surface area contributed by atoms with Crippen LogP contribution >= 0.6 is 0 Å². The Hall–Kier alpha value is -1.75. The Kier molecular flexibility index (Phi) is 3.06. The van der Waals surface area contributed by atoms with Gasteiger partial charge in [-0.25, -0.2) is 9.97 Å². The number of nitrogens with zero attached hydrogens (tertiary/aromatic N) is 3. The Labute approximate surface area is 106 Å². The van der Waals surface area contributed by atoms with Gasteiger partial charge in [0.25, 0.3) is 0 Å². The maximum absolute atomic E-state index is 4.58. The molecule has 0 radical (unpaired) electrons. The monoisotopic (exact) mass is 243 g/mol. The first kappa shape index (κ1) is 11.3. The van der Waals surface area contributed by atoms with Crippen molar-refractivity contribution in [1.82, 2.24) is 25.5 Å². The first-order valence-electron chi connectivity index (χ1n) is 6.39. The average Bonchev–Trinajstić information content (AvgIpc) is 2.93. The van der Waals surface area contributed by atoms with E-state index in [1.807, 2.05) is 13.0 Å². The van der Waals surface area contributed by atoms with Crippen molar-refractivity contribution in [1.29, 1.82) is 0 Å². The number of hydrogen-bond acceptors (Lipinski definition) is 4. The number of piperidine rings is 1. The molecule has 5 nitrogen and oxygen atoms in total. The predicted octanol–water partition coefficient (Wildman–Crippen LogP) is 1.64. The second kappa shape index (κ2) is 4.86. The number of aromatic nitrogens is 4. The minimum atomic E-state index is 0.502. The Morgan fingerprint density at radius 1 is 1.33 bits per heavy atom. The van der Waals surface area contributed by atoms with Gasteiger partial charge in [0, 0.05) is 24.4 Å². The first-order valence-corrected chi connectivity index (χ1v) is 6.39. The van der Waals surface area contributed by atoms with Crippen LogP contribution < -0.4 is 5.32 Å². The van der Waals surface area contributed by atoms with Crippen LogP contribution in [0.3, 0.4) is 0 Å². The van der Waals surface area contributed by atoms with Gasteiger partial charge in [-0.05, 0) is 38.4 Å². The third kappa shape index (κ3) is 2.26. The highest BCUT2D eigenvalue weighted by Crippen LogP contribution is 2.24. The summed E-state index contributed by atoms with van der Waals surface area (Å²) in [5.74, 6) is 1.32. The fraction of sp³-hybridized carbons (Fsp3) is 0.462. The van der Waals surface area contributed by atoms with Crippen molar-refractivity contribution in [2.75, 3.05) is 13.1 Å². The molecule has 94 valence electrons. The molecule has 3 rings (SSSR count). The Bertz CT molecular complexity index is 514. The van der Waals surface area contributed by atoms with E-state index in [0.29, 0.717) is 5.92 Å². The van der Waals surface area contributed by atoms with Gasteiger partial charge < -0.3 is 5.32 Å². The molecule has 0 aromatic carbocycles. The van der Waals surface area contributed by atoms with E-state index in [4.69, 9.17) is 0 Å². The van der Waals surface area contributed by atoms with Crippen LogP contribution in [0.1, 0.15) is 30.3 Å². The van der Waals surface area contributed by atoms with E-state index in [1.54, 1.807) is 6.20 Å². The zero-order valence-electron chi connectivity index (χ0n) is 10.5. The number of aromatic amines is 1.